The van der Waals surface area contributed by atoms with Crippen LogP contribution in [-0.2, 0) is 0 Å². The van der Waals surface area contributed by atoms with Crippen LogP contribution in [0.1, 0.15) is 91.9 Å². The summed E-state index contributed by atoms with van der Waals surface area (Å²) in [6.45, 7) is 7.77. The Balaban J connectivity index is 0. The molecule has 0 saturated carbocycles. The fourth-order valence-corrected chi connectivity index (χ4v) is 1.67. The second kappa shape index (κ2) is 12.6. The van der Waals surface area contributed by atoms with E-state index in [1.165, 1.54) is 0 Å². The molecule has 0 unspecified atom stereocenters. The van der Waals surface area contributed by atoms with Gasteiger partial charge >= 0.3 is 0 Å². The minimum atomic E-state index is -1.41. The Bertz CT molecular complexity index is 181. The fraction of sp³-hybridized carbons (Fsp3) is 1.00. The van der Waals surface area contributed by atoms with Gasteiger partial charge in [-0.25, -0.2) is 0 Å². The highest BCUT2D eigenvalue weighted by Gasteiger charge is 2.18. The third kappa shape index (κ3) is 15.9. The topological polar surface area (TPSA) is 80.9 Å². The highest BCUT2D eigenvalue weighted by atomic mass is 16.5. The zero-order chi connectivity index (χ0) is 16.1. The summed E-state index contributed by atoms with van der Waals surface area (Å²) in [5.74, 6) is -2.82. The van der Waals surface area contributed by atoms with Crippen molar-refractivity contribution in [3.05, 3.63) is 0 Å². The summed E-state index contributed by atoms with van der Waals surface area (Å²) in [6, 6.07) is 0. The van der Waals surface area contributed by atoms with Gasteiger partial charge in [0.05, 0.1) is 0 Å². The molecule has 0 aromatic heterocycles. The minimum Gasteiger partial charge on any atom is -0.366 e. The van der Waals surface area contributed by atoms with Crippen molar-refractivity contribution in [2.45, 2.75) is 103 Å². The van der Waals surface area contributed by atoms with Gasteiger partial charge in [0.2, 0.25) is 0 Å². The third-order valence-corrected chi connectivity index (χ3v) is 3.49. The van der Waals surface area contributed by atoms with Crippen LogP contribution in [0.2, 0.25) is 0 Å². The van der Waals surface area contributed by atoms with Gasteiger partial charge < -0.3 is 20.4 Å². The normalized spacial score (nSPS) is 12.0. The van der Waals surface area contributed by atoms with Crippen LogP contribution in [0.15, 0.2) is 0 Å². The lowest BCUT2D eigenvalue weighted by Crippen LogP contribution is -2.26. The second-order valence-electron chi connectivity index (χ2n) is 5.59. The van der Waals surface area contributed by atoms with Crippen LogP contribution in [0.5, 0.6) is 0 Å². The molecule has 0 aliphatic rings. The Morgan fingerprint density at radius 1 is 0.550 bits per heavy atom. The number of unbranched alkanes of at least 4 members (excludes halogenated alkanes) is 4. The van der Waals surface area contributed by atoms with E-state index in [1.54, 1.807) is 13.8 Å². The first-order valence-electron chi connectivity index (χ1n) is 8.14. The fourth-order valence-electron chi connectivity index (χ4n) is 1.67. The van der Waals surface area contributed by atoms with E-state index < -0.39 is 11.6 Å². The van der Waals surface area contributed by atoms with E-state index in [1.807, 2.05) is 0 Å². The predicted molar refractivity (Wildman–Crippen MR) is 83.2 cm³/mol. The molecule has 0 atom stereocenters. The lowest BCUT2D eigenvalue weighted by atomic mass is 10.1. The Hall–Kier alpha value is -0.160. The molecular formula is C16H36O4. The van der Waals surface area contributed by atoms with E-state index in [0.29, 0.717) is 25.7 Å². The van der Waals surface area contributed by atoms with Crippen LogP contribution >= 0.6 is 0 Å². The highest BCUT2D eigenvalue weighted by molar-refractivity contribution is 4.61. The van der Waals surface area contributed by atoms with Crippen LogP contribution in [-0.4, -0.2) is 32.0 Å². The largest absolute Gasteiger partial charge is 0.366 e. The maximum absolute atomic E-state index is 9.11. The van der Waals surface area contributed by atoms with E-state index in [-0.39, 0.29) is 0 Å². The first-order chi connectivity index (χ1) is 9.24. The van der Waals surface area contributed by atoms with Crippen molar-refractivity contribution in [2.75, 3.05) is 0 Å². The molecule has 4 N–H and O–H groups in total. The molecule has 0 aliphatic heterocycles. The molecule has 0 spiro atoms. The van der Waals surface area contributed by atoms with Crippen LogP contribution in [0.4, 0.5) is 0 Å². The Morgan fingerprint density at radius 2 is 0.850 bits per heavy atom. The van der Waals surface area contributed by atoms with Crippen molar-refractivity contribution in [1.82, 2.24) is 0 Å². The van der Waals surface area contributed by atoms with Gasteiger partial charge in [-0.1, -0.05) is 53.4 Å². The molecule has 20 heavy (non-hydrogen) atoms. The van der Waals surface area contributed by atoms with Crippen molar-refractivity contribution < 1.29 is 20.4 Å². The summed E-state index contributed by atoms with van der Waals surface area (Å²) in [5, 5.41) is 36.4. The standard InChI is InChI=1S/2C8H18O2/c2*1-3-5-6-7-8(9,10)4-2/h2*9-10H,3-7H2,1-2H3. The lowest BCUT2D eigenvalue weighted by Gasteiger charge is -2.18. The van der Waals surface area contributed by atoms with Crippen molar-refractivity contribution >= 4 is 0 Å². The third-order valence-electron chi connectivity index (χ3n) is 3.49. The Labute approximate surface area is 124 Å². The van der Waals surface area contributed by atoms with Crippen LogP contribution in [0.25, 0.3) is 0 Å². The number of aliphatic hydroxyl groups is 4. The summed E-state index contributed by atoms with van der Waals surface area (Å²) in [5.41, 5.74) is 0. The monoisotopic (exact) mass is 292 g/mol. The number of rotatable bonds is 10. The average Bonchev–Trinajstić information content (AvgIpc) is 2.40. The smallest absolute Gasteiger partial charge is 0.162 e. The molecule has 0 aromatic rings. The molecule has 4 heteroatoms. The maximum atomic E-state index is 9.11. The number of hydrogen-bond donors (Lipinski definition) is 4. The molecule has 0 saturated heterocycles. The molecule has 0 fully saturated rings. The van der Waals surface area contributed by atoms with Gasteiger partial charge in [0, 0.05) is 12.8 Å². The van der Waals surface area contributed by atoms with Gasteiger partial charge in [0.25, 0.3) is 0 Å². The van der Waals surface area contributed by atoms with Crippen molar-refractivity contribution in [3.63, 3.8) is 0 Å². The first kappa shape index (κ1) is 22.1. The van der Waals surface area contributed by atoms with Crippen molar-refractivity contribution in [1.29, 1.82) is 0 Å². The lowest BCUT2D eigenvalue weighted by molar-refractivity contribution is -0.168. The van der Waals surface area contributed by atoms with Gasteiger partial charge in [0.15, 0.2) is 11.6 Å². The Morgan fingerprint density at radius 3 is 1.05 bits per heavy atom. The van der Waals surface area contributed by atoms with E-state index >= 15 is 0 Å². The van der Waals surface area contributed by atoms with E-state index in [9.17, 15) is 0 Å². The Kier molecular flexibility index (Phi) is 13.9. The van der Waals surface area contributed by atoms with Crippen LogP contribution < -0.4 is 0 Å². The van der Waals surface area contributed by atoms with E-state index in [4.69, 9.17) is 20.4 Å². The first-order valence-corrected chi connectivity index (χ1v) is 8.14. The van der Waals surface area contributed by atoms with Crippen LogP contribution in [0.3, 0.4) is 0 Å². The molecule has 0 amide bonds. The van der Waals surface area contributed by atoms with Gasteiger partial charge in [-0.2, -0.15) is 0 Å². The quantitative estimate of drug-likeness (QED) is 0.368. The van der Waals surface area contributed by atoms with Crippen LogP contribution in [0, 0.1) is 0 Å². The maximum Gasteiger partial charge on any atom is 0.162 e. The molecule has 0 aliphatic carbocycles. The summed E-state index contributed by atoms with van der Waals surface area (Å²) >= 11 is 0. The zero-order valence-corrected chi connectivity index (χ0v) is 13.9. The van der Waals surface area contributed by atoms with Gasteiger partial charge in [-0.05, 0) is 25.7 Å². The summed E-state index contributed by atoms with van der Waals surface area (Å²) < 4.78 is 0. The summed E-state index contributed by atoms with van der Waals surface area (Å²) in [6.07, 6.45) is 8.13. The predicted octanol–water partition coefficient (Wildman–Crippen LogP) is 3.32. The van der Waals surface area contributed by atoms with Gasteiger partial charge in [-0.15, -0.1) is 0 Å². The van der Waals surface area contributed by atoms with Crippen molar-refractivity contribution in [3.8, 4) is 0 Å². The molecule has 0 aromatic carbocycles. The average molecular weight is 292 g/mol. The van der Waals surface area contributed by atoms with E-state index in [0.717, 1.165) is 38.5 Å². The molecular weight excluding hydrogens is 256 g/mol. The molecule has 0 bridgehead atoms. The molecule has 4 nitrogen and oxygen atoms in total. The summed E-state index contributed by atoms with van der Waals surface area (Å²) in [4.78, 5) is 0. The molecule has 0 radical (unpaired) electrons. The van der Waals surface area contributed by atoms with Gasteiger partial charge in [-0.3, -0.25) is 0 Å². The number of hydrogen-bond acceptors (Lipinski definition) is 4. The highest BCUT2D eigenvalue weighted by Crippen LogP contribution is 2.15. The van der Waals surface area contributed by atoms with Crippen molar-refractivity contribution in [2.24, 2.45) is 0 Å². The van der Waals surface area contributed by atoms with Gasteiger partial charge in [0.1, 0.15) is 0 Å². The molecule has 0 heterocycles. The molecule has 0 rings (SSSR count). The second-order valence-corrected chi connectivity index (χ2v) is 5.59. The van der Waals surface area contributed by atoms with E-state index in [2.05, 4.69) is 13.8 Å². The molecule has 124 valence electrons. The minimum absolute atomic E-state index is 0.427. The SMILES string of the molecule is CCCCCC(O)(O)CC.CCCCCC(O)(O)CC. The zero-order valence-electron chi connectivity index (χ0n) is 13.9. The summed E-state index contributed by atoms with van der Waals surface area (Å²) in [7, 11) is 0.